The summed E-state index contributed by atoms with van der Waals surface area (Å²) in [6.07, 6.45) is 1.14. The number of ether oxygens (including phenoxy) is 2. The quantitative estimate of drug-likeness (QED) is 0.465. The van der Waals surface area contributed by atoms with E-state index in [2.05, 4.69) is 5.32 Å². The van der Waals surface area contributed by atoms with E-state index < -0.39 is 12.0 Å². The Morgan fingerprint density at radius 1 is 0.966 bits per heavy atom. The number of carbonyl (C=O) groups excluding carboxylic acids is 2. The molecule has 5 nitrogen and oxygen atoms in total. The minimum Gasteiger partial charge on any atom is -0.496 e. The van der Waals surface area contributed by atoms with Crippen molar-refractivity contribution >= 4 is 22.6 Å². The van der Waals surface area contributed by atoms with E-state index in [9.17, 15) is 9.59 Å². The Bertz CT molecular complexity index is 1030. The van der Waals surface area contributed by atoms with Gasteiger partial charge in [0.2, 0.25) is 5.91 Å². The van der Waals surface area contributed by atoms with Crippen LogP contribution in [0, 0.1) is 0 Å². The lowest BCUT2D eigenvalue weighted by molar-refractivity contribution is -0.131. The van der Waals surface area contributed by atoms with E-state index in [0.29, 0.717) is 17.9 Å². The number of esters is 1. The highest BCUT2D eigenvalue weighted by atomic mass is 16.5. The van der Waals surface area contributed by atoms with Gasteiger partial charge in [-0.2, -0.15) is 0 Å². The van der Waals surface area contributed by atoms with Crippen LogP contribution in [0.4, 0.5) is 0 Å². The topological polar surface area (TPSA) is 64.6 Å². The van der Waals surface area contributed by atoms with E-state index in [1.54, 1.807) is 13.2 Å². The molecule has 0 spiro atoms. The fourth-order valence-electron chi connectivity index (χ4n) is 3.49. The van der Waals surface area contributed by atoms with Crippen molar-refractivity contribution in [2.24, 2.45) is 0 Å². The molecule has 3 aromatic carbocycles. The smallest absolute Gasteiger partial charge is 0.308 e. The lowest BCUT2D eigenvalue weighted by atomic mass is 9.92. The number of hydrogen-bond acceptors (Lipinski definition) is 4. The molecule has 0 radical (unpaired) electrons. The number of hydrogen-bond donors (Lipinski definition) is 1. The van der Waals surface area contributed by atoms with Gasteiger partial charge < -0.3 is 14.8 Å². The predicted octanol–water partition coefficient (Wildman–Crippen LogP) is 4.78. The van der Waals surface area contributed by atoms with Crippen LogP contribution < -0.4 is 14.8 Å². The molecule has 3 aromatic rings. The van der Waals surface area contributed by atoms with Gasteiger partial charge in [-0.25, -0.2) is 0 Å². The Balaban J connectivity index is 2.27. The van der Waals surface area contributed by atoms with Gasteiger partial charge in [0.25, 0.3) is 0 Å². The van der Waals surface area contributed by atoms with Crippen LogP contribution in [0.1, 0.15) is 43.9 Å². The van der Waals surface area contributed by atoms with Gasteiger partial charge in [0.15, 0.2) is 0 Å². The molecule has 29 heavy (non-hydrogen) atoms. The van der Waals surface area contributed by atoms with Gasteiger partial charge in [0, 0.05) is 24.5 Å². The molecular weight excluding hydrogens is 366 g/mol. The molecule has 150 valence electrons. The molecule has 0 saturated carbocycles. The summed E-state index contributed by atoms with van der Waals surface area (Å²) < 4.78 is 11.1. The summed E-state index contributed by atoms with van der Waals surface area (Å²) in [6.45, 7) is 3.33. The number of fused-ring (bicyclic) bond motifs is 1. The average Bonchev–Trinajstić information content (AvgIpc) is 2.72. The highest BCUT2D eigenvalue weighted by Crippen LogP contribution is 2.39. The fourth-order valence-corrected chi connectivity index (χ4v) is 3.49. The molecule has 5 heteroatoms. The maximum Gasteiger partial charge on any atom is 0.308 e. The van der Waals surface area contributed by atoms with E-state index in [0.717, 1.165) is 28.3 Å². The number of amides is 1. The number of rotatable bonds is 7. The van der Waals surface area contributed by atoms with E-state index in [4.69, 9.17) is 9.47 Å². The van der Waals surface area contributed by atoms with E-state index in [-0.39, 0.29) is 5.91 Å². The van der Waals surface area contributed by atoms with E-state index >= 15 is 0 Å². The number of methoxy groups -OCH3 is 1. The first-order chi connectivity index (χ1) is 14.0. The molecule has 0 fully saturated rings. The maximum atomic E-state index is 12.6. The van der Waals surface area contributed by atoms with Crippen LogP contribution in [0.25, 0.3) is 10.8 Å². The zero-order valence-corrected chi connectivity index (χ0v) is 16.9. The number of benzene rings is 3. The van der Waals surface area contributed by atoms with Crippen LogP contribution in [-0.2, 0) is 9.59 Å². The normalized spacial score (nSPS) is 11.7. The lowest BCUT2D eigenvalue weighted by Crippen LogP contribution is -2.30. The van der Waals surface area contributed by atoms with Crippen molar-refractivity contribution in [3.63, 3.8) is 0 Å². The van der Waals surface area contributed by atoms with Crippen molar-refractivity contribution in [1.82, 2.24) is 5.32 Å². The Hall–Kier alpha value is -3.34. The van der Waals surface area contributed by atoms with Crippen molar-refractivity contribution in [1.29, 1.82) is 0 Å². The molecule has 0 unspecified atom stereocenters. The fraction of sp³-hybridized carbons (Fsp3) is 0.250. The summed E-state index contributed by atoms with van der Waals surface area (Å²) in [4.78, 5) is 24.4. The molecule has 0 aliphatic rings. The third-order valence-corrected chi connectivity index (χ3v) is 4.71. The SMILES string of the molecule is CCCC(=O)N[C@H](c1ccccc1OC)c1c(OC(C)=O)ccc2ccccc12. The summed E-state index contributed by atoms with van der Waals surface area (Å²) in [6, 6.07) is 18.5. The van der Waals surface area contributed by atoms with Crippen LogP contribution in [0.15, 0.2) is 60.7 Å². The standard InChI is InChI=1S/C24H25NO4/c1-4-9-22(27)25-24(19-12-7-8-13-20(19)28-3)23-18-11-6-5-10-17(18)14-15-21(23)29-16(2)26/h5-8,10-15,24H,4,9H2,1-3H3,(H,25,27)/t24-/m1/s1. The molecule has 1 N–H and O–H groups in total. The molecule has 0 bridgehead atoms. The number of carbonyl (C=O) groups is 2. The number of nitrogens with one attached hydrogen (secondary N) is 1. The molecule has 0 saturated heterocycles. The molecule has 0 heterocycles. The van der Waals surface area contributed by atoms with Crippen molar-refractivity contribution in [3.05, 3.63) is 71.8 Å². The van der Waals surface area contributed by atoms with Crippen molar-refractivity contribution < 1.29 is 19.1 Å². The zero-order valence-electron chi connectivity index (χ0n) is 16.9. The summed E-state index contributed by atoms with van der Waals surface area (Å²) in [5.41, 5.74) is 1.52. The Morgan fingerprint density at radius 3 is 2.41 bits per heavy atom. The van der Waals surface area contributed by atoms with E-state index in [1.165, 1.54) is 6.92 Å². The summed E-state index contributed by atoms with van der Waals surface area (Å²) in [7, 11) is 1.60. The molecule has 0 aliphatic heterocycles. The average molecular weight is 391 g/mol. The monoisotopic (exact) mass is 391 g/mol. The van der Waals surface area contributed by atoms with Crippen molar-refractivity contribution in [2.45, 2.75) is 32.7 Å². The highest BCUT2D eigenvalue weighted by Gasteiger charge is 2.26. The van der Waals surface area contributed by atoms with Gasteiger partial charge in [0.05, 0.1) is 13.2 Å². The first kappa shape index (κ1) is 20.4. The lowest BCUT2D eigenvalue weighted by Gasteiger charge is -2.25. The summed E-state index contributed by atoms with van der Waals surface area (Å²) in [5.74, 6) is 0.574. The first-order valence-corrected chi connectivity index (χ1v) is 9.67. The second-order valence-corrected chi connectivity index (χ2v) is 6.78. The van der Waals surface area contributed by atoms with Crippen molar-refractivity contribution in [3.8, 4) is 11.5 Å². The van der Waals surface area contributed by atoms with Crippen LogP contribution in [0.2, 0.25) is 0 Å². The molecule has 3 rings (SSSR count). The highest BCUT2D eigenvalue weighted by molar-refractivity contribution is 5.90. The van der Waals surface area contributed by atoms with Gasteiger partial charge in [-0.05, 0) is 29.3 Å². The van der Waals surface area contributed by atoms with Crippen LogP contribution in [0.3, 0.4) is 0 Å². The first-order valence-electron chi connectivity index (χ1n) is 9.67. The largest absolute Gasteiger partial charge is 0.496 e. The van der Waals surface area contributed by atoms with Gasteiger partial charge in [-0.3, -0.25) is 9.59 Å². The summed E-state index contributed by atoms with van der Waals surface area (Å²) >= 11 is 0. The van der Waals surface area contributed by atoms with E-state index in [1.807, 2.05) is 61.5 Å². The Morgan fingerprint density at radius 2 is 1.69 bits per heavy atom. The van der Waals surface area contributed by atoms with Crippen molar-refractivity contribution in [2.75, 3.05) is 7.11 Å². The van der Waals surface area contributed by atoms with Crippen LogP contribution >= 0.6 is 0 Å². The molecular formula is C24H25NO4. The van der Waals surface area contributed by atoms with Crippen LogP contribution in [-0.4, -0.2) is 19.0 Å². The summed E-state index contributed by atoms with van der Waals surface area (Å²) in [5, 5.41) is 5.01. The Kier molecular flexibility index (Phi) is 6.50. The third kappa shape index (κ3) is 4.57. The van der Waals surface area contributed by atoms with Crippen LogP contribution in [0.5, 0.6) is 11.5 Å². The number of para-hydroxylation sites is 1. The minimum absolute atomic E-state index is 0.0786. The molecule has 1 amide bonds. The maximum absolute atomic E-state index is 12.6. The molecule has 1 atom stereocenters. The van der Waals surface area contributed by atoms with Gasteiger partial charge >= 0.3 is 5.97 Å². The molecule has 0 aliphatic carbocycles. The van der Waals surface area contributed by atoms with Gasteiger partial charge in [-0.1, -0.05) is 55.5 Å². The predicted molar refractivity (Wildman–Crippen MR) is 113 cm³/mol. The second-order valence-electron chi connectivity index (χ2n) is 6.78. The minimum atomic E-state index is -0.536. The molecule has 0 aromatic heterocycles. The third-order valence-electron chi connectivity index (χ3n) is 4.71. The zero-order chi connectivity index (χ0) is 20.8. The van der Waals surface area contributed by atoms with Gasteiger partial charge in [0.1, 0.15) is 11.5 Å². The Labute approximate surface area is 170 Å². The van der Waals surface area contributed by atoms with Gasteiger partial charge in [-0.15, -0.1) is 0 Å². The second kappa shape index (κ2) is 9.24.